The number of hydrogen-bond acceptors (Lipinski definition) is 4. The molecule has 1 aromatic carbocycles. The van der Waals surface area contributed by atoms with Gasteiger partial charge in [-0.2, -0.15) is 8.78 Å². The van der Waals surface area contributed by atoms with E-state index in [9.17, 15) is 22.4 Å². The standard InChI is InChI=1S/C18H17F4N3O2/c19-11-5-16(24-7-11)17(26)25-8-12-6-14(15(20)9-23-12)10-1-3-13(4-2-10)27-18(21)22/h1-4,6,9,11,16,18,24H,5,7-8H2,(H,25,26)/t11-,16-/m1/s1. The van der Waals surface area contributed by atoms with Gasteiger partial charge in [-0.15, -0.1) is 0 Å². The molecule has 0 unspecified atom stereocenters. The van der Waals surface area contributed by atoms with E-state index < -0.39 is 24.6 Å². The lowest BCUT2D eigenvalue weighted by Gasteiger charge is -2.12. The highest BCUT2D eigenvalue weighted by Crippen LogP contribution is 2.26. The summed E-state index contributed by atoms with van der Waals surface area (Å²) in [6.45, 7) is -2.75. The number of ether oxygens (including phenoxy) is 1. The Hall–Kier alpha value is -2.68. The first kappa shape index (κ1) is 19.1. The normalized spacial score (nSPS) is 19.3. The molecule has 9 heteroatoms. The molecular formula is C18H17F4N3O2. The van der Waals surface area contributed by atoms with E-state index >= 15 is 0 Å². The van der Waals surface area contributed by atoms with Gasteiger partial charge in [-0.05, 0) is 23.8 Å². The zero-order chi connectivity index (χ0) is 19.4. The molecule has 1 aromatic heterocycles. The van der Waals surface area contributed by atoms with Gasteiger partial charge in [0.15, 0.2) is 0 Å². The Labute approximate surface area is 152 Å². The maximum atomic E-state index is 14.1. The van der Waals surface area contributed by atoms with Crippen LogP contribution in [0.4, 0.5) is 17.6 Å². The van der Waals surface area contributed by atoms with Crippen LogP contribution in [0.15, 0.2) is 36.5 Å². The van der Waals surface area contributed by atoms with Crippen molar-refractivity contribution < 1.29 is 27.1 Å². The third-order valence-electron chi connectivity index (χ3n) is 4.14. The number of hydrogen-bond donors (Lipinski definition) is 2. The minimum atomic E-state index is -2.94. The lowest BCUT2D eigenvalue weighted by atomic mass is 10.1. The number of halogens is 4. The highest BCUT2D eigenvalue weighted by molar-refractivity contribution is 5.82. The molecular weight excluding hydrogens is 366 g/mol. The summed E-state index contributed by atoms with van der Waals surface area (Å²) in [7, 11) is 0. The molecule has 144 valence electrons. The van der Waals surface area contributed by atoms with Gasteiger partial charge in [-0.25, -0.2) is 8.78 Å². The lowest BCUT2D eigenvalue weighted by Crippen LogP contribution is -2.40. The molecule has 2 aromatic rings. The smallest absolute Gasteiger partial charge is 0.387 e. The molecule has 3 rings (SSSR count). The number of carbonyl (C=O) groups is 1. The van der Waals surface area contributed by atoms with Crippen LogP contribution in [0.3, 0.4) is 0 Å². The van der Waals surface area contributed by atoms with Gasteiger partial charge in [0.05, 0.1) is 24.5 Å². The van der Waals surface area contributed by atoms with Crippen LogP contribution in [-0.2, 0) is 11.3 Å². The molecule has 1 fully saturated rings. The summed E-state index contributed by atoms with van der Waals surface area (Å²) < 4.78 is 55.9. The summed E-state index contributed by atoms with van der Waals surface area (Å²) in [5.41, 5.74) is 1.06. The maximum Gasteiger partial charge on any atom is 0.387 e. The Bertz CT molecular complexity index is 802. The van der Waals surface area contributed by atoms with E-state index in [4.69, 9.17) is 0 Å². The van der Waals surface area contributed by atoms with Crippen molar-refractivity contribution >= 4 is 5.91 Å². The third kappa shape index (κ3) is 4.94. The van der Waals surface area contributed by atoms with Crippen molar-refractivity contribution in [2.75, 3.05) is 6.54 Å². The van der Waals surface area contributed by atoms with E-state index in [1.807, 2.05) is 0 Å². The molecule has 1 amide bonds. The zero-order valence-electron chi connectivity index (χ0n) is 14.1. The molecule has 1 saturated heterocycles. The predicted octanol–water partition coefficient (Wildman–Crippen LogP) is 2.81. The summed E-state index contributed by atoms with van der Waals surface area (Å²) in [6.07, 6.45) is 0.0839. The minimum absolute atomic E-state index is 0.0362. The number of amides is 1. The molecule has 0 spiro atoms. The fourth-order valence-corrected chi connectivity index (χ4v) is 2.81. The Morgan fingerprint density at radius 3 is 2.70 bits per heavy atom. The number of benzene rings is 1. The molecule has 0 aliphatic carbocycles. The van der Waals surface area contributed by atoms with Crippen molar-refractivity contribution in [3.8, 4) is 16.9 Å². The number of aromatic nitrogens is 1. The Morgan fingerprint density at radius 2 is 2.07 bits per heavy atom. The zero-order valence-corrected chi connectivity index (χ0v) is 14.1. The van der Waals surface area contributed by atoms with Crippen LogP contribution in [0, 0.1) is 5.82 Å². The van der Waals surface area contributed by atoms with Gasteiger partial charge in [0, 0.05) is 18.5 Å². The van der Waals surface area contributed by atoms with Crippen molar-refractivity contribution in [1.29, 1.82) is 0 Å². The summed E-state index contributed by atoms with van der Waals surface area (Å²) in [4.78, 5) is 15.9. The van der Waals surface area contributed by atoms with Gasteiger partial charge >= 0.3 is 6.61 Å². The molecule has 0 bridgehead atoms. The van der Waals surface area contributed by atoms with Crippen LogP contribution in [0.1, 0.15) is 12.1 Å². The topological polar surface area (TPSA) is 63.2 Å². The van der Waals surface area contributed by atoms with Gasteiger partial charge in [-0.1, -0.05) is 12.1 Å². The Morgan fingerprint density at radius 1 is 1.33 bits per heavy atom. The summed E-state index contributed by atoms with van der Waals surface area (Å²) in [6, 6.07) is 6.37. The number of nitrogens with one attached hydrogen (secondary N) is 2. The molecule has 2 atom stereocenters. The predicted molar refractivity (Wildman–Crippen MR) is 89.4 cm³/mol. The molecule has 0 radical (unpaired) electrons. The van der Waals surface area contributed by atoms with E-state index in [0.717, 1.165) is 6.20 Å². The number of rotatable bonds is 6. The monoisotopic (exact) mass is 383 g/mol. The van der Waals surface area contributed by atoms with Gasteiger partial charge in [-0.3, -0.25) is 9.78 Å². The second kappa shape index (κ2) is 8.34. The van der Waals surface area contributed by atoms with Crippen molar-refractivity contribution in [2.24, 2.45) is 0 Å². The summed E-state index contributed by atoms with van der Waals surface area (Å²) in [5, 5.41) is 5.41. The van der Waals surface area contributed by atoms with Crippen LogP contribution in [0.5, 0.6) is 5.75 Å². The molecule has 27 heavy (non-hydrogen) atoms. The van der Waals surface area contributed by atoms with Crippen LogP contribution in [0.2, 0.25) is 0 Å². The Balaban J connectivity index is 1.68. The molecule has 0 saturated carbocycles. The number of pyridine rings is 1. The first-order valence-electron chi connectivity index (χ1n) is 8.27. The molecule has 2 heterocycles. The van der Waals surface area contributed by atoms with Gasteiger partial charge < -0.3 is 15.4 Å². The summed E-state index contributed by atoms with van der Waals surface area (Å²) >= 11 is 0. The van der Waals surface area contributed by atoms with Gasteiger partial charge in [0.25, 0.3) is 0 Å². The third-order valence-corrected chi connectivity index (χ3v) is 4.14. The SMILES string of the molecule is O=C(NCc1cc(-c2ccc(OC(F)F)cc2)c(F)cn1)[C@H]1C[C@@H](F)CN1. The quantitative estimate of drug-likeness (QED) is 0.753. The summed E-state index contributed by atoms with van der Waals surface area (Å²) in [5.74, 6) is -0.979. The fourth-order valence-electron chi connectivity index (χ4n) is 2.81. The van der Waals surface area contributed by atoms with E-state index in [1.54, 1.807) is 0 Å². The molecule has 2 N–H and O–H groups in total. The number of nitrogens with zero attached hydrogens (tertiary/aromatic N) is 1. The van der Waals surface area contributed by atoms with E-state index in [1.165, 1.54) is 30.3 Å². The van der Waals surface area contributed by atoms with Crippen LogP contribution >= 0.6 is 0 Å². The van der Waals surface area contributed by atoms with Crippen LogP contribution in [-0.4, -0.2) is 36.3 Å². The second-order valence-corrected chi connectivity index (χ2v) is 6.07. The fraction of sp³-hybridized carbons (Fsp3) is 0.333. The first-order valence-corrected chi connectivity index (χ1v) is 8.27. The van der Waals surface area contributed by atoms with Crippen molar-refractivity contribution in [1.82, 2.24) is 15.6 Å². The first-order chi connectivity index (χ1) is 12.9. The second-order valence-electron chi connectivity index (χ2n) is 6.07. The maximum absolute atomic E-state index is 14.1. The van der Waals surface area contributed by atoms with Gasteiger partial charge in [0.2, 0.25) is 5.91 Å². The molecule has 1 aliphatic rings. The Kier molecular flexibility index (Phi) is 5.90. The van der Waals surface area contributed by atoms with E-state index in [2.05, 4.69) is 20.4 Å². The van der Waals surface area contributed by atoms with Crippen molar-refractivity contribution in [3.63, 3.8) is 0 Å². The average molecular weight is 383 g/mol. The van der Waals surface area contributed by atoms with Crippen molar-refractivity contribution in [2.45, 2.75) is 31.8 Å². The van der Waals surface area contributed by atoms with Crippen LogP contribution < -0.4 is 15.4 Å². The minimum Gasteiger partial charge on any atom is -0.435 e. The highest BCUT2D eigenvalue weighted by Gasteiger charge is 2.28. The van der Waals surface area contributed by atoms with E-state index in [-0.39, 0.29) is 36.7 Å². The number of carbonyl (C=O) groups excluding carboxylic acids is 1. The molecule has 5 nitrogen and oxygen atoms in total. The largest absolute Gasteiger partial charge is 0.435 e. The number of alkyl halides is 3. The van der Waals surface area contributed by atoms with Crippen LogP contribution in [0.25, 0.3) is 11.1 Å². The highest BCUT2D eigenvalue weighted by atomic mass is 19.3. The molecule has 1 aliphatic heterocycles. The lowest BCUT2D eigenvalue weighted by molar-refractivity contribution is -0.123. The average Bonchev–Trinajstić information content (AvgIpc) is 3.07. The van der Waals surface area contributed by atoms with Crippen molar-refractivity contribution in [3.05, 3.63) is 48.0 Å². The van der Waals surface area contributed by atoms with E-state index in [0.29, 0.717) is 11.3 Å². The van der Waals surface area contributed by atoms with Gasteiger partial charge in [0.1, 0.15) is 17.7 Å².